The van der Waals surface area contributed by atoms with Crippen molar-refractivity contribution in [3.8, 4) is 0 Å². The molecule has 2 fully saturated rings. The maximum absolute atomic E-state index is 9.65. The van der Waals surface area contributed by atoms with Crippen molar-refractivity contribution >= 4 is 0 Å². The minimum Gasteiger partial charge on any atom is -0.392 e. The van der Waals surface area contributed by atoms with Crippen LogP contribution in [0.5, 0.6) is 0 Å². The van der Waals surface area contributed by atoms with Crippen LogP contribution in [0.1, 0.15) is 46.0 Å². The van der Waals surface area contributed by atoms with Gasteiger partial charge in [-0.25, -0.2) is 0 Å². The average molecular weight is 183 g/mol. The molecule has 1 saturated carbocycles. The molecular weight excluding hydrogens is 162 g/mol. The molecule has 76 valence electrons. The molecule has 1 N–H and O–H groups in total. The number of nitrogens with zero attached hydrogens (tertiary/aromatic N) is 1. The summed E-state index contributed by atoms with van der Waals surface area (Å²) >= 11 is 0. The van der Waals surface area contributed by atoms with E-state index < -0.39 is 0 Å². The molecular formula is C11H21NO. The van der Waals surface area contributed by atoms with E-state index in [1.807, 2.05) is 0 Å². The van der Waals surface area contributed by atoms with Crippen molar-refractivity contribution < 1.29 is 5.11 Å². The van der Waals surface area contributed by atoms with Crippen LogP contribution >= 0.6 is 0 Å². The minimum absolute atomic E-state index is 0.0874. The maximum atomic E-state index is 9.65. The number of hydrogen-bond acceptors (Lipinski definition) is 2. The highest BCUT2D eigenvalue weighted by atomic mass is 16.3. The van der Waals surface area contributed by atoms with Crippen molar-refractivity contribution in [3.63, 3.8) is 0 Å². The van der Waals surface area contributed by atoms with Gasteiger partial charge in [0.25, 0.3) is 0 Å². The first-order valence-corrected chi connectivity index (χ1v) is 5.54. The van der Waals surface area contributed by atoms with Crippen molar-refractivity contribution in [2.45, 2.75) is 63.6 Å². The van der Waals surface area contributed by atoms with E-state index in [1.54, 1.807) is 0 Å². The largest absolute Gasteiger partial charge is 0.392 e. The van der Waals surface area contributed by atoms with Gasteiger partial charge in [-0.1, -0.05) is 12.8 Å². The summed E-state index contributed by atoms with van der Waals surface area (Å²) in [6.45, 7) is 5.43. The first kappa shape index (κ1) is 9.47. The van der Waals surface area contributed by atoms with Gasteiger partial charge in [0.15, 0.2) is 0 Å². The molecule has 1 saturated heterocycles. The van der Waals surface area contributed by atoms with E-state index in [4.69, 9.17) is 0 Å². The third-order valence-electron chi connectivity index (χ3n) is 3.69. The number of hydrogen-bond donors (Lipinski definition) is 1. The Kier molecular flexibility index (Phi) is 2.37. The Balaban J connectivity index is 2.05. The number of aliphatic hydroxyl groups excluding tert-OH is 1. The Morgan fingerprint density at radius 2 is 1.85 bits per heavy atom. The summed E-state index contributed by atoms with van der Waals surface area (Å²) in [4.78, 5) is 2.53. The van der Waals surface area contributed by atoms with Gasteiger partial charge in [0.05, 0.1) is 6.10 Å². The molecule has 0 spiro atoms. The third-order valence-corrected chi connectivity index (χ3v) is 3.69. The van der Waals surface area contributed by atoms with Crippen molar-refractivity contribution in [1.82, 2.24) is 4.90 Å². The molecule has 1 unspecified atom stereocenters. The highest BCUT2D eigenvalue weighted by Crippen LogP contribution is 2.36. The van der Waals surface area contributed by atoms with Crippen LogP contribution in [0.2, 0.25) is 0 Å². The fraction of sp³-hybridized carbons (Fsp3) is 1.00. The van der Waals surface area contributed by atoms with Crippen LogP contribution in [-0.2, 0) is 0 Å². The molecule has 2 heteroatoms. The van der Waals surface area contributed by atoms with Crippen LogP contribution in [0, 0.1) is 0 Å². The zero-order chi connectivity index (χ0) is 9.47. The van der Waals surface area contributed by atoms with Crippen molar-refractivity contribution in [3.05, 3.63) is 0 Å². The first-order valence-electron chi connectivity index (χ1n) is 5.54. The summed E-state index contributed by atoms with van der Waals surface area (Å²) in [5.41, 5.74) is 0.231. The molecule has 1 atom stereocenters. The van der Waals surface area contributed by atoms with E-state index in [-0.39, 0.29) is 11.6 Å². The molecule has 1 heterocycles. The standard InChI is InChI=1S/C11H21NO/c1-11(2)7-10(13)8-12(11)9-5-3-4-6-9/h9-10,13H,3-8H2,1-2H3. The lowest BCUT2D eigenvalue weighted by Gasteiger charge is -2.36. The van der Waals surface area contributed by atoms with Gasteiger partial charge in [0, 0.05) is 18.1 Å². The lowest BCUT2D eigenvalue weighted by molar-refractivity contribution is 0.112. The van der Waals surface area contributed by atoms with Gasteiger partial charge in [-0.3, -0.25) is 4.90 Å². The summed E-state index contributed by atoms with van der Waals surface area (Å²) in [5.74, 6) is 0. The summed E-state index contributed by atoms with van der Waals surface area (Å²) in [6.07, 6.45) is 6.31. The normalized spacial score (nSPS) is 35.8. The third kappa shape index (κ3) is 1.75. The molecule has 13 heavy (non-hydrogen) atoms. The Hall–Kier alpha value is -0.0800. The van der Waals surface area contributed by atoms with Gasteiger partial charge in [0.2, 0.25) is 0 Å². The fourth-order valence-electron chi connectivity index (χ4n) is 3.09. The van der Waals surface area contributed by atoms with Crippen LogP contribution in [0.3, 0.4) is 0 Å². The fourth-order valence-corrected chi connectivity index (χ4v) is 3.09. The highest BCUT2D eigenvalue weighted by molar-refractivity contribution is 4.97. The van der Waals surface area contributed by atoms with Gasteiger partial charge in [0.1, 0.15) is 0 Å². The SMILES string of the molecule is CC1(C)CC(O)CN1C1CCCC1. The molecule has 2 rings (SSSR count). The van der Waals surface area contributed by atoms with Crippen LogP contribution in [0.4, 0.5) is 0 Å². The molecule has 1 aliphatic carbocycles. The Bertz CT molecular complexity index is 185. The number of β-amino-alcohol motifs (C(OH)–C–C–N with tert-alkyl or cyclic N) is 1. The zero-order valence-corrected chi connectivity index (χ0v) is 8.79. The van der Waals surface area contributed by atoms with E-state index in [0.717, 1.165) is 19.0 Å². The Morgan fingerprint density at radius 3 is 2.31 bits per heavy atom. The van der Waals surface area contributed by atoms with Gasteiger partial charge in [-0.2, -0.15) is 0 Å². The van der Waals surface area contributed by atoms with Crippen molar-refractivity contribution in [1.29, 1.82) is 0 Å². The molecule has 2 nitrogen and oxygen atoms in total. The molecule has 0 bridgehead atoms. The van der Waals surface area contributed by atoms with Gasteiger partial charge < -0.3 is 5.11 Å². The van der Waals surface area contributed by atoms with Gasteiger partial charge in [-0.05, 0) is 33.1 Å². The Morgan fingerprint density at radius 1 is 1.23 bits per heavy atom. The second kappa shape index (κ2) is 3.25. The molecule has 0 aromatic heterocycles. The van der Waals surface area contributed by atoms with E-state index in [1.165, 1.54) is 25.7 Å². The topological polar surface area (TPSA) is 23.5 Å². The maximum Gasteiger partial charge on any atom is 0.0684 e. The lowest BCUT2D eigenvalue weighted by atomic mass is 9.99. The molecule has 0 amide bonds. The summed E-state index contributed by atoms with van der Waals surface area (Å²) in [5, 5.41) is 9.65. The molecule has 1 aliphatic heterocycles. The summed E-state index contributed by atoms with van der Waals surface area (Å²) in [7, 11) is 0. The summed E-state index contributed by atoms with van der Waals surface area (Å²) < 4.78 is 0. The van der Waals surface area contributed by atoms with E-state index in [0.29, 0.717) is 0 Å². The monoisotopic (exact) mass is 183 g/mol. The predicted molar refractivity (Wildman–Crippen MR) is 53.7 cm³/mol. The van der Waals surface area contributed by atoms with E-state index in [9.17, 15) is 5.11 Å². The van der Waals surface area contributed by atoms with Gasteiger partial charge >= 0.3 is 0 Å². The second-order valence-corrected chi connectivity index (χ2v) is 5.26. The number of likely N-dealkylation sites (tertiary alicyclic amines) is 1. The first-order chi connectivity index (χ1) is 6.09. The minimum atomic E-state index is -0.0874. The number of rotatable bonds is 1. The van der Waals surface area contributed by atoms with Crippen molar-refractivity contribution in [2.24, 2.45) is 0 Å². The highest BCUT2D eigenvalue weighted by Gasteiger charge is 2.41. The Labute approximate surface area is 80.9 Å². The zero-order valence-electron chi connectivity index (χ0n) is 8.79. The lowest BCUT2D eigenvalue weighted by Crippen LogP contribution is -2.44. The van der Waals surface area contributed by atoms with Crippen LogP contribution in [0.15, 0.2) is 0 Å². The number of aliphatic hydroxyl groups is 1. The van der Waals surface area contributed by atoms with Crippen LogP contribution in [-0.4, -0.2) is 34.2 Å². The van der Waals surface area contributed by atoms with E-state index >= 15 is 0 Å². The average Bonchev–Trinajstić information content (AvgIpc) is 2.56. The quantitative estimate of drug-likeness (QED) is 0.670. The van der Waals surface area contributed by atoms with Crippen LogP contribution < -0.4 is 0 Å². The molecule has 0 radical (unpaired) electrons. The smallest absolute Gasteiger partial charge is 0.0684 e. The van der Waals surface area contributed by atoms with E-state index in [2.05, 4.69) is 18.7 Å². The van der Waals surface area contributed by atoms with Crippen molar-refractivity contribution in [2.75, 3.05) is 6.54 Å². The van der Waals surface area contributed by atoms with Gasteiger partial charge in [-0.15, -0.1) is 0 Å². The predicted octanol–water partition coefficient (Wildman–Crippen LogP) is 1.77. The second-order valence-electron chi connectivity index (χ2n) is 5.26. The molecule has 2 aliphatic rings. The molecule has 0 aromatic rings. The summed E-state index contributed by atoms with van der Waals surface area (Å²) in [6, 6.07) is 0.757. The van der Waals surface area contributed by atoms with Crippen LogP contribution in [0.25, 0.3) is 0 Å². The molecule has 0 aromatic carbocycles.